The maximum atomic E-state index is 5.53. The highest BCUT2D eigenvalue weighted by molar-refractivity contribution is 5.79. The van der Waals surface area contributed by atoms with Crippen LogP contribution in [0.15, 0.2) is 4.99 Å². The van der Waals surface area contributed by atoms with E-state index >= 15 is 0 Å². The first-order chi connectivity index (χ1) is 7.26. The number of nitrogens with one attached hydrogen (secondary N) is 2. The van der Waals surface area contributed by atoms with Crippen molar-refractivity contribution in [2.45, 2.75) is 45.3 Å². The van der Waals surface area contributed by atoms with Gasteiger partial charge in [-0.25, -0.2) is 0 Å². The van der Waals surface area contributed by atoms with Gasteiger partial charge in [0.05, 0.1) is 6.10 Å². The maximum absolute atomic E-state index is 5.53. The zero-order valence-corrected chi connectivity index (χ0v) is 10.0. The van der Waals surface area contributed by atoms with E-state index in [1.54, 1.807) is 7.05 Å². The van der Waals surface area contributed by atoms with Gasteiger partial charge in [0.15, 0.2) is 5.96 Å². The van der Waals surface area contributed by atoms with E-state index in [1.165, 1.54) is 6.42 Å². The van der Waals surface area contributed by atoms with Crippen molar-refractivity contribution in [2.24, 2.45) is 4.99 Å². The molecule has 0 saturated carbocycles. The normalized spacial score (nSPS) is 23.9. The summed E-state index contributed by atoms with van der Waals surface area (Å²) >= 11 is 0. The molecule has 0 aromatic carbocycles. The molecule has 1 rings (SSSR count). The lowest BCUT2D eigenvalue weighted by molar-refractivity contribution is 0.113. The molecule has 88 valence electrons. The van der Waals surface area contributed by atoms with E-state index in [-0.39, 0.29) is 0 Å². The zero-order chi connectivity index (χ0) is 11.1. The van der Waals surface area contributed by atoms with Crippen LogP contribution in [0.25, 0.3) is 0 Å². The largest absolute Gasteiger partial charge is 0.376 e. The molecule has 2 atom stereocenters. The van der Waals surface area contributed by atoms with Crippen LogP contribution in [0.1, 0.15) is 33.1 Å². The number of ether oxygens (including phenoxy) is 1. The number of hydrogen-bond donors (Lipinski definition) is 2. The Morgan fingerprint density at radius 2 is 2.40 bits per heavy atom. The van der Waals surface area contributed by atoms with Crippen LogP contribution >= 0.6 is 0 Å². The SMILES string of the molecule is CCC(C)NC(=NC)NCC1CCCO1. The van der Waals surface area contributed by atoms with Crippen molar-refractivity contribution in [1.82, 2.24) is 10.6 Å². The minimum Gasteiger partial charge on any atom is -0.376 e. The van der Waals surface area contributed by atoms with Gasteiger partial charge in [-0.2, -0.15) is 0 Å². The smallest absolute Gasteiger partial charge is 0.191 e. The summed E-state index contributed by atoms with van der Waals surface area (Å²) < 4.78 is 5.53. The Balaban J connectivity index is 2.21. The lowest BCUT2D eigenvalue weighted by atomic mass is 10.2. The van der Waals surface area contributed by atoms with Crippen LogP contribution < -0.4 is 10.6 Å². The number of aliphatic imine (C=N–C) groups is 1. The van der Waals surface area contributed by atoms with Crippen LogP contribution in [0.2, 0.25) is 0 Å². The molecular weight excluding hydrogens is 190 g/mol. The summed E-state index contributed by atoms with van der Waals surface area (Å²) in [5, 5.41) is 6.61. The van der Waals surface area contributed by atoms with Crippen LogP contribution in [0.3, 0.4) is 0 Å². The molecule has 0 aromatic heterocycles. The van der Waals surface area contributed by atoms with Gasteiger partial charge in [0, 0.05) is 26.2 Å². The van der Waals surface area contributed by atoms with E-state index in [4.69, 9.17) is 4.74 Å². The summed E-state index contributed by atoms with van der Waals surface area (Å²) in [7, 11) is 1.80. The van der Waals surface area contributed by atoms with Gasteiger partial charge in [0.25, 0.3) is 0 Å². The summed E-state index contributed by atoms with van der Waals surface area (Å²) in [6, 6.07) is 0.459. The lowest BCUT2D eigenvalue weighted by Gasteiger charge is -2.18. The summed E-state index contributed by atoms with van der Waals surface area (Å²) in [6.07, 6.45) is 3.80. The molecule has 4 heteroatoms. The van der Waals surface area contributed by atoms with Crippen molar-refractivity contribution in [3.8, 4) is 0 Å². The highest BCUT2D eigenvalue weighted by atomic mass is 16.5. The first-order valence-electron chi connectivity index (χ1n) is 5.85. The average Bonchev–Trinajstić information content (AvgIpc) is 2.76. The minimum absolute atomic E-state index is 0.362. The molecule has 4 nitrogen and oxygen atoms in total. The molecule has 0 amide bonds. The molecule has 2 N–H and O–H groups in total. The molecule has 1 aliphatic heterocycles. The molecule has 0 radical (unpaired) electrons. The highest BCUT2D eigenvalue weighted by Gasteiger charge is 2.15. The van der Waals surface area contributed by atoms with Crippen molar-refractivity contribution in [1.29, 1.82) is 0 Å². The van der Waals surface area contributed by atoms with Gasteiger partial charge in [-0.3, -0.25) is 4.99 Å². The molecule has 0 bridgehead atoms. The third kappa shape index (κ3) is 4.51. The van der Waals surface area contributed by atoms with Gasteiger partial charge in [0.2, 0.25) is 0 Å². The average molecular weight is 213 g/mol. The molecule has 2 unspecified atom stereocenters. The van der Waals surface area contributed by atoms with E-state index in [9.17, 15) is 0 Å². The third-order valence-electron chi connectivity index (χ3n) is 2.74. The Morgan fingerprint density at radius 3 is 2.93 bits per heavy atom. The summed E-state index contributed by atoms with van der Waals surface area (Å²) in [5.41, 5.74) is 0. The molecule has 0 aromatic rings. The second-order valence-electron chi connectivity index (χ2n) is 4.04. The van der Waals surface area contributed by atoms with E-state index in [2.05, 4.69) is 29.5 Å². The number of guanidine groups is 1. The van der Waals surface area contributed by atoms with Crippen LogP contribution in [0.4, 0.5) is 0 Å². The van der Waals surface area contributed by atoms with Gasteiger partial charge in [-0.15, -0.1) is 0 Å². The number of rotatable bonds is 4. The minimum atomic E-state index is 0.362. The van der Waals surface area contributed by atoms with Crippen molar-refractivity contribution >= 4 is 5.96 Å². The first-order valence-corrected chi connectivity index (χ1v) is 5.85. The Labute approximate surface area is 92.5 Å². The van der Waals surface area contributed by atoms with Crippen molar-refractivity contribution in [3.63, 3.8) is 0 Å². The molecule has 0 spiro atoms. The Morgan fingerprint density at radius 1 is 1.60 bits per heavy atom. The standard InChI is InChI=1S/C11H23N3O/c1-4-9(2)14-11(12-3)13-8-10-6-5-7-15-10/h9-10H,4-8H2,1-3H3,(H2,12,13,14). The fourth-order valence-electron chi connectivity index (χ4n) is 1.55. The predicted molar refractivity (Wildman–Crippen MR) is 63.2 cm³/mol. The second kappa shape index (κ2) is 6.67. The molecule has 1 fully saturated rings. The molecule has 1 saturated heterocycles. The van der Waals surface area contributed by atoms with Gasteiger partial charge < -0.3 is 15.4 Å². The zero-order valence-electron chi connectivity index (χ0n) is 10.0. The Kier molecular flexibility index (Phi) is 5.47. The molecule has 0 aliphatic carbocycles. The van der Waals surface area contributed by atoms with Crippen LogP contribution in [0.5, 0.6) is 0 Å². The number of nitrogens with zero attached hydrogens (tertiary/aromatic N) is 1. The van der Waals surface area contributed by atoms with Gasteiger partial charge >= 0.3 is 0 Å². The van der Waals surface area contributed by atoms with Crippen LogP contribution in [0, 0.1) is 0 Å². The Hall–Kier alpha value is -0.770. The van der Waals surface area contributed by atoms with E-state index < -0.39 is 0 Å². The second-order valence-corrected chi connectivity index (χ2v) is 4.04. The monoisotopic (exact) mass is 213 g/mol. The van der Waals surface area contributed by atoms with E-state index in [1.807, 2.05) is 0 Å². The fraction of sp³-hybridized carbons (Fsp3) is 0.909. The van der Waals surface area contributed by atoms with Crippen molar-refractivity contribution in [3.05, 3.63) is 0 Å². The quantitative estimate of drug-likeness (QED) is 0.543. The summed E-state index contributed by atoms with van der Waals surface area (Å²) in [5.74, 6) is 0.875. The molecule has 1 aliphatic rings. The maximum Gasteiger partial charge on any atom is 0.191 e. The van der Waals surface area contributed by atoms with Crippen LogP contribution in [-0.4, -0.2) is 38.3 Å². The molecule has 1 heterocycles. The third-order valence-corrected chi connectivity index (χ3v) is 2.74. The first kappa shape index (κ1) is 12.3. The van der Waals surface area contributed by atoms with E-state index in [0.717, 1.165) is 32.0 Å². The lowest BCUT2D eigenvalue weighted by Crippen LogP contribution is -2.44. The topological polar surface area (TPSA) is 45.7 Å². The fourth-order valence-corrected chi connectivity index (χ4v) is 1.55. The predicted octanol–water partition coefficient (Wildman–Crippen LogP) is 1.13. The number of hydrogen-bond acceptors (Lipinski definition) is 2. The summed E-state index contributed by atoms with van der Waals surface area (Å²) in [4.78, 5) is 4.18. The highest BCUT2D eigenvalue weighted by Crippen LogP contribution is 2.10. The van der Waals surface area contributed by atoms with Crippen LogP contribution in [-0.2, 0) is 4.74 Å². The molecular formula is C11H23N3O. The van der Waals surface area contributed by atoms with Gasteiger partial charge in [-0.05, 0) is 26.2 Å². The van der Waals surface area contributed by atoms with Crippen molar-refractivity contribution < 1.29 is 4.74 Å². The van der Waals surface area contributed by atoms with Crippen molar-refractivity contribution in [2.75, 3.05) is 20.2 Å². The Bertz CT molecular complexity index is 200. The summed E-state index contributed by atoms with van der Waals surface area (Å²) in [6.45, 7) is 6.07. The molecule has 15 heavy (non-hydrogen) atoms. The van der Waals surface area contributed by atoms with Gasteiger partial charge in [0.1, 0.15) is 0 Å². The van der Waals surface area contributed by atoms with Gasteiger partial charge in [-0.1, -0.05) is 6.92 Å². The van der Waals surface area contributed by atoms with E-state index in [0.29, 0.717) is 12.1 Å².